The topological polar surface area (TPSA) is 32.3 Å². The van der Waals surface area contributed by atoms with Gasteiger partial charge in [-0.1, -0.05) is 36.2 Å². The smallest absolute Gasteiger partial charge is 0.236 e. The number of amides is 1. The number of nitrogens with zero attached hydrogens (tertiary/aromatic N) is 1. The lowest BCUT2D eigenvalue weighted by molar-refractivity contribution is -0.130. The number of hydrogen-bond acceptors (Lipinski definition) is 2. The summed E-state index contributed by atoms with van der Waals surface area (Å²) in [6, 6.07) is 5.26. The molecule has 1 aromatic carbocycles. The third-order valence-electron chi connectivity index (χ3n) is 3.09. The lowest BCUT2D eigenvalue weighted by atomic mass is 10.1. The highest BCUT2D eigenvalue weighted by Gasteiger charge is 2.19. The Balaban J connectivity index is 2.70. The number of halogens is 2. The number of likely N-dealkylation sites (N-methyl/N-ethyl adjacent to an activating group) is 1. The first-order valence-corrected chi connectivity index (χ1v) is 7.14. The Bertz CT molecular complexity index is 437. The van der Waals surface area contributed by atoms with Gasteiger partial charge in [0, 0.05) is 17.1 Å². The summed E-state index contributed by atoms with van der Waals surface area (Å²) < 4.78 is 0. The third-order valence-corrected chi connectivity index (χ3v) is 3.65. The Kier molecular flexibility index (Phi) is 6.63. The van der Waals surface area contributed by atoms with Crippen LogP contribution < -0.4 is 5.32 Å². The van der Waals surface area contributed by atoms with E-state index < -0.39 is 0 Å². The molecule has 1 N–H and O–H groups in total. The van der Waals surface area contributed by atoms with Crippen molar-refractivity contribution in [2.45, 2.75) is 26.3 Å². The van der Waals surface area contributed by atoms with E-state index in [2.05, 4.69) is 12.2 Å². The molecule has 0 aliphatic rings. The van der Waals surface area contributed by atoms with Gasteiger partial charge in [-0.3, -0.25) is 4.79 Å². The predicted octanol–water partition coefficient (Wildman–Crippen LogP) is 3.51. The van der Waals surface area contributed by atoms with E-state index in [1.54, 1.807) is 24.1 Å². The van der Waals surface area contributed by atoms with E-state index in [0.29, 0.717) is 16.6 Å². The van der Waals surface area contributed by atoms with E-state index in [4.69, 9.17) is 23.2 Å². The van der Waals surface area contributed by atoms with Crippen molar-refractivity contribution in [3.63, 3.8) is 0 Å². The summed E-state index contributed by atoms with van der Waals surface area (Å²) in [6.45, 7) is 5.21. The number of carbonyl (C=O) groups excluding carboxylic acids is 1. The van der Waals surface area contributed by atoms with Crippen LogP contribution in [0.15, 0.2) is 18.2 Å². The molecule has 0 fully saturated rings. The molecule has 3 nitrogen and oxygen atoms in total. The zero-order valence-corrected chi connectivity index (χ0v) is 13.1. The number of carbonyl (C=O) groups is 1. The first-order valence-electron chi connectivity index (χ1n) is 6.38. The van der Waals surface area contributed by atoms with Crippen molar-refractivity contribution in [3.05, 3.63) is 33.8 Å². The zero-order valence-electron chi connectivity index (χ0n) is 11.5. The van der Waals surface area contributed by atoms with Crippen LogP contribution in [0.3, 0.4) is 0 Å². The van der Waals surface area contributed by atoms with Crippen molar-refractivity contribution in [1.82, 2.24) is 10.2 Å². The van der Waals surface area contributed by atoms with Crippen molar-refractivity contribution in [3.8, 4) is 0 Å². The Labute approximate surface area is 124 Å². The minimum Gasteiger partial charge on any atom is -0.338 e. The van der Waals surface area contributed by atoms with Gasteiger partial charge in [-0.05, 0) is 37.6 Å². The van der Waals surface area contributed by atoms with Gasteiger partial charge in [0.05, 0.1) is 12.6 Å². The minimum absolute atomic E-state index is 0.0481. The summed E-state index contributed by atoms with van der Waals surface area (Å²) in [6.07, 6.45) is 1.01. The van der Waals surface area contributed by atoms with Crippen LogP contribution in [0, 0.1) is 0 Å². The van der Waals surface area contributed by atoms with Crippen LogP contribution >= 0.6 is 23.2 Å². The zero-order chi connectivity index (χ0) is 14.4. The molecule has 0 aromatic heterocycles. The molecule has 0 saturated heterocycles. The Morgan fingerprint density at radius 2 is 2.11 bits per heavy atom. The maximum absolute atomic E-state index is 12.0. The average molecular weight is 303 g/mol. The minimum atomic E-state index is -0.0827. The molecule has 0 radical (unpaired) electrons. The van der Waals surface area contributed by atoms with Gasteiger partial charge in [-0.25, -0.2) is 0 Å². The maximum atomic E-state index is 12.0. The molecule has 0 bridgehead atoms. The molecule has 0 saturated carbocycles. The van der Waals surface area contributed by atoms with E-state index in [1.165, 1.54) is 0 Å². The summed E-state index contributed by atoms with van der Waals surface area (Å²) in [7, 11) is 1.78. The molecule has 0 spiro atoms. The fourth-order valence-electron chi connectivity index (χ4n) is 1.76. The quantitative estimate of drug-likeness (QED) is 0.816. The Morgan fingerprint density at radius 3 is 2.68 bits per heavy atom. The predicted molar refractivity (Wildman–Crippen MR) is 80.8 cm³/mol. The van der Waals surface area contributed by atoms with Gasteiger partial charge in [0.15, 0.2) is 0 Å². The van der Waals surface area contributed by atoms with Gasteiger partial charge >= 0.3 is 0 Å². The molecule has 5 heteroatoms. The van der Waals surface area contributed by atoms with Gasteiger partial charge in [0.25, 0.3) is 0 Å². The van der Waals surface area contributed by atoms with Crippen LogP contribution in [0.2, 0.25) is 10.0 Å². The fourth-order valence-corrected chi connectivity index (χ4v) is 2.33. The van der Waals surface area contributed by atoms with Crippen LogP contribution in [0.25, 0.3) is 0 Å². The highest BCUT2D eigenvalue weighted by atomic mass is 35.5. The Morgan fingerprint density at radius 1 is 1.42 bits per heavy atom. The van der Waals surface area contributed by atoms with Gasteiger partial charge < -0.3 is 10.2 Å². The molecule has 1 atom stereocenters. The first kappa shape index (κ1) is 16.3. The lowest BCUT2D eigenvalue weighted by Crippen LogP contribution is -2.37. The molecule has 1 unspecified atom stereocenters. The van der Waals surface area contributed by atoms with Gasteiger partial charge in [0.2, 0.25) is 5.91 Å². The van der Waals surface area contributed by atoms with Crippen LogP contribution in [0.1, 0.15) is 31.9 Å². The molecule has 1 aromatic rings. The van der Waals surface area contributed by atoms with Crippen molar-refractivity contribution in [2.75, 3.05) is 20.1 Å². The second kappa shape index (κ2) is 7.73. The highest BCUT2D eigenvalue weighted by molar-refractivity contribution is 6.35. The standard InChI is InChI=1S/C14H20Cl2N2O/c1-4-7-17-9-14(19)18(3)10(2)12-6-5-11(15)8-13(12)16/h5-6,8,10,17H,4,7,9H2,1-3H3. The van der Waals surface area contributed by atoms with E-state index in [1.807, 2.05) is 13.0 Å². The molecule has 0 heterocycles. The van der Waals surface area contributed by atoms with Gasteiger partial charge in [-0.15, -0.1) is 0 Å². The second-order valence-corrected chi connectivity index (χ2v) is 5.37. The summed E-state index contributed by atoms with van der Waals surface area (Å²) in [5.41, 5.74) is 0.900. The largest absolute Gasteiger partial charge is 0.338 e. The highest BCUT2D eigenvalue weighted by Crippen LogP contribution is 2.28. The normalized spacial score (nSPS) is 12.3. The fraction of sp³-hybridized carbons (Fsp3) is 0.500. The van der Waals surface area contributed by atoms with Crippen LogP contribution in [0.5, 0.6) is 0 Å². The number of nitrogens with one attached hydrogen (secondary N) is 1. The van der Waals surface area contributed by atoms with Crippen molar-refractivity contribution >= 4 is 29.1 Å². The molecule has 1 amide bonds. The maximum Gasteiger partial charge on any atom is 0.236 e. The van der Waals surface area contributed by atoms with Crippen LogP contribution in [-0.4, -0.2) is 30.9 Å². The summed E-state index contributed by atoms with van der Waals surface area (Å²) in [5.74, 6) is 0.0481. The Hall–Kier alpha value is -0.770. The molecular formula is C14H20Cl2N2O. The molecular weight excluding hydrogens is 283 g/mol. The summed E-state index contributed by atoms with van der Waals surface area (Å²) in [5, 5.41) is 4.28. The van der Waals surface area contributed by atoms with Crippen molar-refractivity contribution < 1.29 is 4.79 Å². The molecule has 106 valence electrons. The van der Waals surface area contributed by atoms with E-state index in [-0.39, 0.29) is 11.9 Å². The number of benzene rings is 1. The van der Waals surface area contributed by atoms with E-state index >= 15 is 0 Å². The number of rotatable bonds is 6. The van der Waals surface area contributed by atoms with E-state index in [9.17, 15) is 4.79 Å². The van der Waals surface area contributed by atoms with E-state index in [0.717, 1.165) is 18.5 Å². The molecule has 19 heavy (non-hydrogen) atoms. The summed E-state index contributed by atoms with van der Waals surface area (Å²) >= 11 is 12.0. The first-order chi connectivity index (χ1) is 8.97. The summed E-state index contributed by atoms with van der Waals surface area (Å²) in [4.78, 5) is 13.7. The van der Waals surface area contributed by atoms with Crippen molar-refractivity contribution in [2.24, 2.45) is 0 Å². The third kappa shape index (κ3) is 4.68. The lowest BCUT2D eigenvalue weighted by Gasteiger charge is -2.26. The monoisotopic (exact) mass is 302 g/mol. The van der Waals surface area contributed by atoms with Gasteiger partial charge in [0.1, 0.15) is 0 Å². The average Bonchev–Trinajstić information content (AvgIpc) is 2.37. The molecule has 0 aliphatic carbocycles. The van der Waals surface area contributed by atoms with Crippen LogP contribution in [-0.2, 0) is 4.79 Å². The number of hydrogen-bond donors (Lipinski definition) is 1. The SMILES string of the molecule is CCCNCC(=O)N(C)C(C)c1ccc(Cl)cc1Cl. The van der Waals surface area contributed by atoms with Crippen LogP contribution in [0.4, 0.5) is 0 Å². The second-order valence-electron chi connectivity index (χ2n) is 4.52. The molecule has 0 aliphatic heterocycles. The molecule has 1 rings (SSSR count). The van der Waals surface area contributed by atoms with Crippen molar-refractivity contribution in [1.29, 1.82) is 0 Å². The van der Waals surface area contributed by atoms with Gasteiger partial charge in [-0.2, -0.15) is 0 Å².